The van der Waals surface area contributed by atoms with E-state index in [9.17, 15) is 9.59 Å². The van der Waals surface area contributed by atoms with Gasteiger partial charge in [-0.05, 0) is 25.1 Å². The summed E-state index contributed by atoms with van der Waals surface area (Å²) in [5, 5.41) is 8.65. The second kappa shape index (κ2) is 6.56. The smallest absolute Gasteiger partial charge is 0.251 e. The second-order valence-electron chi connectivity index (χ2n) is 4.29. The summed E-state index contributed by atoms with van der Waals surface area (Å²) in [5.41, 5.74) is 0.416. The minimum atomic E-state index is -0.389. The number of anilines is 1. The van der Waals surface area contributed by atoms with Crippen LogP contribution in [0.15, 0.2) is 34.9 Å². The van der Waals surface area contributed by atoms with Crippen molar-refractivity contribution in [2.45, 2.75) is 6.92 Å². The highest BCUT2D eigenvalue weighted by molar-refractivity contribution is 5.99. The van der Waals surface area contributed by atoms with E-state index in [1.54, 1.807) is 37.3 Å². The molecule has 2 aromatic rings. The van der Waals surface area contributed by atoms with Gasteiger partial charge in [-0.2, -0.15) is 0 Å². The Labute approximate surface area is 121 Å². The highest BCUT2D eigenvalue weighted by Crippen LogP contribution is 2.12. The molecule has 2 N–H and O–H groups in total. The highest BCUT2D eigenvalue weighted by Gasteiger charge is 2.10. The predicted octanol–water partition coefficient (Wildman–Crippen LogP) is 1.36. The Hall–Kier alpha value is -2.83. The van der Waals surface area contributed by atoms with E-state index < -0.39 is 0 Å². The van der Waals surface area contributed by atoms with Crippen molar-refractivity contribution in [3.05, 3.63) is 41.7 Å². The van der Waals surface area contributed by atoms with Crippen LogP contribution >= 0.6 is 0 Å². The molecule has 0 atom stereocenters. The average molecular weight is 289 g/mol. The number of carbonyl (C=O) groups is 2. The van der Waals surface area contributed by atoms with E-state index in [-0.39, 0.29) is 18.4 Å². The van der Waals surface area contributed by atoms with Crippen LogP contribution in [0.4, 0.5) is 5.82 Å². The summed E-state index contributed by atoms with van der Waals surface area (Å²) >= 11 is 0. The summed E-state index contributed by atoms with van der Waals surface area (Å²) in [6.45, 7) is 1.55. The highest BCUT2D eigenvalue weighted by atomic mass is 16.5. The van der Waals surface area contributed by atoms with Crippen molar-refractivity contribution < 1.29 is 18.8 Å². The molecule has 0 spiro atoms. The van der Waals surface area contributed by atoms with E-state index >= 15 is 0 Å². The van der Waals surface area contributed by atoms with Gasteiger partial charge in [-0.15, -0.1) is 0 Å². The molecule has 1 heterocycles. The van der Waals surface area contributed by atoms with Gasteiger partial charge in [0.1, 0.15) is 11.5 Å². The maximum absolute atomic E-state index is 11.9. The first-order chi connectivity index (χ1) is 10.1. The van der Waals surface area contributed by atoms with Gasteiger partial charge in [-0.1, -0.05) is 11.2 Å². The fourth-order valence-electron chi connectivity index (χ4n) is 1.64. The Kier molecular flexibility index (Phi) is 4.55. The number of benzene rings is 1. The van der Waals surface area contributed by atoms with Gasteiger partial charge in [0, 0.05) is 11.6 Å². The number of ether oxygens (including phenoxy) is 1. The van der Waals surface area contributed by atoms with Crippen LogP contribution in [0.2, 0.25) is 0 Å². The summed E-state index contributed by atoms with van der Waals surface area (Å²) in [6.07, 6.45) is 0. The SMILES string of the molecule is COc1cccc(C(=O)NCC(=O)Nc2cc(C)on2)c1. The Bertz CT molecular complexity index is 651. The number of nitrogens with one attached hydrogen (secondary N) is 2. The first kappa shape index (κ1) is 14.6. The van der Waals surface area contributed by atoms with Crippen LogP contribution in [-0.2, 0) is 4.79 Å². The molecule has 0 fully saturated rings. The van der Waals surface area contributed by atoms with E-state index in [0.717, 1.165) is 0 Å². The molecule has 1 aromatic carbocycles. The molecule has 7 nitrogen and oxygen atoms in total. The van der Waals surface area contributed by atoms with Gasteiger partial charge in [0.2, 0.25) is 5.91 Å². The lowest BCUT2D eigenvalue weighted by molar-refractivity contribution is -0.115. The number of rotatable bonds is 5. The summed E-state index contributed by atoms with van der Waals surface area (Å²) in [4.78, 5) is 23.5. The van der Waals surface area contributed by atoms with E-state index in [1.165, 1.54) is 7.11 Å². The largest absolute Gasteiger partial charge is 0.497 e. The summed E-state index contributed by atoms with van der Waals surface area (Å²) in [6, 6.07) is 8.25. The number of carbonyl (C=O) groups excluding carboxylic acids is 2. The molecule has 0 aliphatic carbocycles. The first-order valence-corrected chi connectivity index (χ1v) is 6.24. The molecule has 2 amide bonds. The van der Waals surface area contributed by atoms with E-state index in [2.05, 4.69) is 15.8 Å². The number of hydrogen-bond donors (Lipinski definition) is 2. The third kappa shape index (κ3) is 4.07. The summed E-state index contributed by atoms with van der Waals surface area (Å²) < 4.78 is 9.85. The molecule has 1 aromatic heterocycles. The summed E-state index contributed by atoms with van der Waals surface area (Å²) in [7, 11) is 1.52. The fourth-order valence-corrected chi connectivity index (χ4v) is 1.64. The number of methoxy groups -OCH3 is 1. The van der Waals surface area contributed by atoms with Crippen molar-refractivity contribution >= 4 is 17.6 Å². The minimum absolute atomic E-state index is 0.165. The number of nitrogens with zero attached hydrogens (tertiary/aromatic N) is 1. The van der Waals surface area contributed by atoms with E-state index in [0.29, 0.717) is 22.9 Å². The van der Waals surface area contributed by atoms with Crippen LogP contribution in [0.25, 0.3) is 0 Å². The van der Waals surface area contributed by atoms with Gasteiger partial charge in [0.25, 0.3) is 5.91 Å². The predicted molar refractivity (Wildman–Crippen MR) is 75.2 cm³/mol. The van der Waals surface area contributed by atoms with Crippen LogP contribution in [0.1, 0.15) is 16.1 Å². The molecule has 2 rings (SSSR count). The molecule has 0 bridgehead atoms. The van der Waals surface area contributed by atoms with Crippen LogP contribution in [0.3, 0.4) is 0 Å². The lowest BCUT2D eigenvalue weighted by Crippen LogP contribution is -2.32. The molecule has 0 saturated carbocycles. The monoisotopic (exact) mass is 289 g/mol. The normalized spacial score (nSPS) is 10.0. The molecule has 0 radical (unpaired) electrons. The molecule has 7 heteroatoms. The molecule has 110 valence electrons. The average Bonchev–Trinajstić information content (AvgIpc) is 2.90. The fraction of sp³-hybridized carbons (Fsp3) is 0.214. The molecule has 0 unspecified atom stereocenters. The van der Waals surface area contributed by atoms with E-state index in [4.69, 9.17) is 9.26 Å². The zero-order chi connectivity index (χ0) is 15.2. The standard InChI is InChI=1S/C14H15N3O4/c1-9-6-12(17-21-9)16-13(18)8-15-14(19)10-4-3-5-11(7-10)20-2/h3-7H,8H2,1-2H3,(H,15,19)(H,16,17,18). The zero-order valence-corrected chi connectivity index (χ0v) is 11.7. The van der Waals surface area contributed by atoms with Gasteiger partial charge in [0.05, 0.1) is 13.7 Å². The van der Waals surface area contributed by atoms with Gasteiger partial charge >= 0.3 is 0 Å². The minimum Gasteiger partial charge on any atom is -0.497 e. The van der Waals surface area contributed by atoms with Crippen molar-refractivity contribution in [3.63, 3.8) is 0 Å². The summed E-state index contributed by atoms with van der Waals surface area (Å²) in [5.74, 6) is 0.726. The lowest BCUT2D eigenvalue weighted by Gasteiger charge is -2.06. The number of amides is 2. The lowest BCUT2D eigenvalue weighted by atomic mass is 10.2. The van der Waals surface area contributed by atoms with Gasteiger partial charge in [-0.25, -0.2) is 0 Å². The van der Waals surface area contributed by atoms with Crippen LogP contribution in [0.5, 0.6) is 5.75 Å². The third-order valence-electron chi connectivity index (χ3n) is 2.64. The van der Waals surface area contributed by atoms with Crippen molar-refractivity contribution in [1.29, 1.82) is 0 Å². The zero-order valence-electron chi connectivity index (χ0n) is 11.7. The van der Waals surface area contributed by atoms with E-state index in [1.807, 2.05) is 0 Å². The van der Waals surface area contributed by atoms with Crippen molar-refractivity contribution in [2.24, 2.45) is 0 Å². The maximum Gasteiger partial charge on any atom is 0.251 e. The number of hydrogen-bond acceptors (Lipinski definition) is 5. The van der Waals surface area contributed by atoms with Gasteiger partial charge in [-0.3, -0.25) is 9.59 Å². The van der Waals surface area contributed by atoms with Crippen molar-refractivity contribution in [3.8, 4) is 5.75 Å². The third-order valence-corrected chi connectivity index (χ3v) is 2.64. The molecule has 0 aliphatic rings. The molecular formula is C14H15N3O4. The Balaban J connectivity index is 1.87. The van der Waals surface area contributed by atoms with Gasteiger partial charge < -0.3 is 19.9 Å². The molecule has 0 aliphatic heterocycles. The Morgan fingerprint density at radius 1 is 1.33 bits per heavy atom. The van der Waals surface area contributed by atoms with Crippen molar-refractivity contribution in [2.75, 3.05) is 19.0 Å². The topological polar surface area (TPSA) is 93.5 Å². The Morgan fingerprint density at radius 3 is 2.81 bits per heavy atom. The van der Waals surface area contributed by atoms with Crippen LogP contribution in [-0.4, -0.2) is 30.6 Å². The Morgan fingerprint density at radius 2 is 2.14 bits per heavy atom. The van der Waals surface area contributed by atoms with Crippen molar-refractivity contribution in [1.82, 2.24) is 10.5 Å². The molecular weight excluding hydrogens is 274 g/mol. The maximum atomic E-state index is 11.9. The number of aromatic nitrogens is 1. The quantitative estimate of drug-likeness (QED) is 0.866. The number of aryl methyl sites for hydroxylation is 1. The molecule has 21 heavy (non-hydrogen) atoms. The van der Waals surface area contributed by atoms with Crippen LogP contribution in [0, 0.1) is 6.92 Å². The molecule has 0 saturated heterocycles. The van der Waals surface area contributed by atoms with Crippen LogP contribution < -0.4 is 15.4 Å². The van der Waals surface area contributed by atoms with Gasteiger partial charge in [0.15, 0.2) is 5.82 Å². The first-order valence-electron chi connectivity index (χ1n) is 6.24. The second-order valence-corrected chi connectivity index (χ2v) is 4.29.